The monoisotopic (exact) mass is 363 g/mol. The lowest BCUT2D eigenvalue weighted by molar-refractivity contribution is -0.141. The summed E-state index contributed by atoms with van der Waals surface area (Å²) in [5, 5.41) is 0. The van der Waals surface area contributed by atoms with Crippen LogP contribution in [0, 0.1) is 35.5 Å². The molecule has 0 radical (unpaired) electrons. The van der Waals surface area contributed by atoms with Gasteiger partial charge in [-0.2, -0.15) is 13.2 Å². The topological polar surface area (TPSA) is 12.9 Å². The zero-order valence-electron chi connectivity index (χ0n) is 15.5. The van der Waals surface area contributed by atoms with Crippen LogP contribution in [-0.4, -0.2) is 4.98 Å². The highest BCUT2D eigenvalue weighted by atomic mass is 19.4. The van der Waals surface area contributed by atoms with Crippen molar-refractivity contribution in [3.8, 4) is 11.8 Å². The van der Waals surface area contributed by atoms with E-state index in [2.05, 4.69) is 23.7 Å². The Hall–Kier alpha value is -1.50. The van der Waals surface area contributed by atoms with Crippen molar-refractivity contribution in [2.45, 2.75) is 70.9 Å². The maximum atomic E-state index is 12.5. The maximum absolute atomic E-state index is 12.5. The lowest BCUT2D eigenvalue weighted by Crippen LogP contribution is -2.25. The highest BCUT2D eigenvalue weighted by Crippen LogP contribution is 2.41. The van der Waals surface area contributed by atoms with Gasteiger partial charge in [-0.3, -0.25) is 4.98 Å². The SMILES string of the molecule is CC[C@H]1CC[C@H]([C@H]2CC[C@H](C#Cc3ccc(C(F)(F)F)nc3)CC2)CC1. The first-order valence-electron chi connectivity index (χ1n) is 10.0. The average Bonchev–Trinajstić information content (AvgIpc) is 2.66. The van der Waals surface area contributed by atoms with Crippen molar-refractivity contribution in [3.63, 3.8) is 0 Å². The Morgan fingerprint density at radius 1 is 0.962 bits per heavy atom. The summed E-state index contributed by atoms with van der Waals surface area (Å²) in [6, 6.07) is 2.42. The minimum absolute atomic E-state index is 0.375. The van der Waals surface area contributed by atoms with Crippen molar-refractivity contribution >= 4 is 0 Å². The van der Waals surface area contributed by atoms with Gasteiger partial charge >= 0.3 is 6.18 Å². The van der Waals surface area contributed by atoms with Crippen LogP contribution in [0.1, 0.15) is 76.0 Å². The van der Waals surface area contributed by atoms with E-state index in [1.807, 2.05) is 0 Å². The van der Waals surface area contributed by atoms with Crippen molar-refractivity contribution in [2.75, 3.05) is 0 Å². The number of hydrogen-bond donors (Lipinski definition) is 0. The second-order valence-corrected chi connectivity index (χ2v) is 8.00. The minimum Gasteiger partial charge on any atom is -0.250 e. The number of nitrogens with zero attached hydrogens (tertiary/aromatic N) is 1. The van der Waals surface area contributed by atoms with Gasteiger partial charge in [-0.05, 0) is 68.4 Å². The molecule has 4 heteroatoms. The molecule has 0 saturated heterocycles. The van der Waals surface area contributed by atoms with E-state index in [1.165, 1.54) is 57.2 Å². The Morgan fingerprint density at radius 3 is 2.08 bits per heavy atom. The number of hydrogen-bond acceptors (Lipinski definition) is 1. The predicted octanol–water partition coefficient (Wildman–Crippen LogP) is 6.47. The van der Waals surface area contributed by atoms with Crippen LogP contribution in [0.2, 0.25) is 0 Å². The van der Waals surface area contributed by atoms with Crippen LogP contribution < -0.4 is 0 Å². The lowest BCUT2D eigenvalue weighted by atomic mass is 9.69. The van der Waals surface area contributed by atoms with Crippen LogP contribution in [0.15, 0.2) is 18.3 Å². The summed E-state index contributed by atoms with van der Waals surface area (Å²) >= 11 is 0. The van der Waals surface area contributed by atoms with E-state index in [4.69, 9.17) is 0 Å². The first-order chi connectivity index (χ1) is 12.5. The Morgan fingerprint density at radius 2 is 1.58 bits per heavy atom. The molecule has 1 heterocycles. The summed E-state index contributed by atoms with van der Waals surface area (Å²) in [6.07, 6.45) is 8.54. The number of rotatable bonds is 2. The highest BCUT2D eigenvalue weighted by molar-refractivity contribution is 5.33. The quantitative estimate of drug-likeness (QED) is 0.548. The van der Waals surface area contributed by atoms with Crippen LogP contribution in [-0.2, 0) is 6.18 Å². The highest BCUT2D eigenvalue weighted by Gasteiger charge is 2.32. The summed E-state index contributed by atoms with van der Waals surface area (Å²) in [5.41, 5.74) is -0.292. The van der Waals surface area contributed by atoms with Gasteiger partial charge in [0, 0.05) is 17.7 Å². The summed E-state index contributed by atoms with van der Waals surface area (Å²) in [5.74, 6) is 9.38. The summed E-state index contributed by atoms with van der Waals surface area (Å²) < 4.78 is 37.6. The van der Waals surface area contributed by atoms with Crippen LogP contribution >= 0.6 is 0 Å². The number of aromatic nitrogens is 1. The molecule has 0 bridgehead atoms. The van der Waals surface area contributed by atoms with Crippen molar-refractivity contribution in [2.24, 2.45) is 23.7 Å². The second kappa shape index (κ2) is 8.46. The Balaban J connectivity index is 1.48. The summed E-state index contributed by atoms with van der Waals surface area (Å²) in [4.78, 5) is 3.47. The molecule has 0 N–H and O–H groups in total. The minimum atomic E-state index is -4.39. The van der Waals surface area contributed by atoms with E-state index in [-0.39, 0.29) is 0 Å². The molecule has 3 rings (SSSR count). The van der Waals surface area contributed by atoms with Gasteiger partial charge in [0.25, 0.3) is 0 Å². The Bertz CT molecular complexity index is 622. The van der Waals surface area contributed by atoms with Gasteiger partial charge in [-0.1, -0.05) is 38.0 Å². The smallest absolute Gasteiger partial charge is 0.250 e. The molecule has 0 atom stereocenters. The lowest BCUT2D eigenvalue weighted by Gasteiger charge is -2.36. The number of halogens is 3. The van der Waals surface area contributed by atoms with Gasteiger partial charge in [-0.15, -0.1) is 0 Å². The van der Waals surface area contributed by atoms with Gasteiger partial charge in [0.1, 0.15) is 5.69 Å². The fourth-order valence-electron chi connectivity index (χ4n) is 4.62. The number of pyridine rings is 1. The molecular formula is C22H28F3N. The van der Waals surface area contributed by atoms with Gasteiger partial charge in [0.2, 0.25) is 0 Å². The fraction of sp³-hybridized carbons (Fsp3) is 0.682. The van der Waals surface area contributed by atoms with Crippen molar-refractivity contribution in [1.29, 1.82) is 0 Å². The van der Waals surface area contributed by atoms with Crippen LogP contribution in [0.3, 0.4) is 0 Å². The third-order valence-corrected chi connectivity index (χ3v) is 6.38. The average molecular weight is 363 g/mol. The standard InChI is InChI=1S/C22H28F3N/c1-2-16-5-10-19(11-6-16)20-12-7-17(8-13-20)3-4-18-9-14-21(26-15-18)22(23,24)25/h9,14-17,19-20H,2,5-8,10-13H2,1H3/t16-,17-,19-,20-. The Labute approximate surface area is 154 Å². The van der Waals surface area contributed by atoms with E-state index >= 15 is 0 Å². The van der Waals surface area contributed by atoms with Gasteiger partial charge in [0.15, 0.2) is 0 Å². The maximum Gasteiger partial charge on any atom is 0.433 e. The third kappa shape index (κ3) is 5.02. The molecule has 0 aromatic carbocycles. The molecule has 142 valence electrons. The molecule has 0 unspecified atom stereocenters. The summed E-state index contributed by atoms with van der Waals surface area (Å²) in [6.45, 7) is 2.31. The molecule has 0 aliphatic heterocycles. The van der Waals surface area contributed by atoms with E-state index in [9.17, 15) is 13.2 Å². The first kappa shape index (κ1) is 19.3. The molecule has 2 saturated carbocycles. The molecule has 26 heavy (non-hydrogen) atoms. The van der Waals surface area contributed by atoms with E-state index in [0.717, 1.165) is 36.7 Å². The molecular weight excluding hydrogens is 335 g/mol. The third-order valence-electron chi connectivity index (χ3n) is 6.38. The second-order valence-electron chi connectivity index (χ2n) is 8.00. The van der Waals surface area contributed by atoms with E-state index in [1.54, 1.807) is 0 Å². The van der Waals surface area contributed by atoms with Crippen molar-refractivity contribution in [1.82, 2.24) is 4.98 Å². The molecule has 2 fully saturated rings. The molecule has 2 aliphatic rings. The largest absolute Gasteiger partial charge is 0.433 e. The van der Waals surface area contributed by atoms with Gasteiger partial charge < -0.3 is 0 Å². The van der Waals surface area contributed by atoms with Gasteiger partial charge in [0.05, 0.1) is 0 Å². The zero-order chi connectivity index (χ0) is 18.6. The Kier molecular flexibility index (Phi) is 6.27. The summed E-state index contributed by atoms with van der Waals surface area (Å²) in [7, 11) is 0. The molecule has 1 nitrogen and oxygen atoms in total. The van der Waals surface area contributed by atoms with Crippen LogP contribution in [0.25, 0.3) is 0 Å². The van der Waals surface area contributed by atoms with Crippen LogP contribution in [0.4, 0.5) is 13.2 Å². The van der Waals surface area contributed by atoms with E-state index in [0.29, 0.717) is 11.5 Å². The molecule has 0 amide bonds. The van der Waals surface area contributed by atoms with Crippen molar-refractivity contribution in [3.05, 3.63) is 29.6 Å². The first-order valence-corrected chi connectivity index (χ1v) is 10.0. The predicted molar refractivity (Wildman–Crippen MR) is 97.3 cm³/mol. The van der Waals surface area contributed by atoms with Gasteiger partial charge in [-0.25, -0.2) is 0 Å². The van der Waals surface area contributed by atoms with Crippen molar-refractivity contribution < 1.29 is 13.2 Å². The van der Waals surface area contributed by atoms with E-state index < -0.39 is 11.9 Å². The molecule has 1 aromatic rings. The molecule has 0 spiro atoms. The molecule has 1 aromatic heterocycles. The zero-order valence-corrected chi connectivity index (χ0v) is 15.5. The molecule has 2 aliphatic carbocycles. The number of alkyl halides is 3. The fourth-order valence-corrected chi connectivity index (χ4v) is 4.62. The van der Waals surface area contributed by atoms with Crippen LogP contribution in [0.5, 0.6) is 0 Å². The normalized spacial score (nSPS) is 29.7.